The standard InChI is InChI=1S/C23H31ClO4.C20H24ClNO3/c1-4-27-21(26)22(7-9-23(10-8-22)6-5-11-28-23)15-19(25)14-20-16(2)12-18(24)13-17(20)3;1-12-10-14(21)11-13(2)15(12)16-17(23)20(22-18(16)24)7-5-19(6-8-20)4-3-9-25-19/h12-13H,4-11,14-15H2,1-3H3;10-11,23H,3-9H2,1-2H3,(H,22,24). The predicted molar refractivity (Wildman–Crippen MR) is 207 cm³/mol. The number of amides is 1. The smallest absolute Gasteiger partial charge is 0.312 e. The molecule has 3 spiro atoms. The average Bonchev–Trinajstić information content (AvgIpc) is 3.82. The predicted octanol–water partition coefficient (Wildman–Crippen LogP) is 9.35. The SMILES string of the molecule is CCOC(=O)C1(CC(=O)Cc2c(C)cc(Cl)cc2C)CCC2(CCCO2)CC1.Cc1cc(Cl)cc(C)c1C1=C(O)C2(CCC3(CCCO3)CC2)NC1=O. The van der Waals surface area contributed by atoms with Gasteiger partial charge < -0.3 is 24.6 Å². The molecule has 2 aliphatic carbocycles. The number of carbonyl (C=O) groups excluding carboxylic acids is 3. The lowest BCUT2D eigenvalue weighted by atomic mass is 9.65. The van der Waals surface area contributed by atoms with Crippen LogP contribution in [0.2, 0.25) is 10.0 Å². The first-order valence-electron chi connectivity index (χ1n) is 19.4. The molecule has 2 saturated heterocycles. The maximum absolute atomic E-state index is 13.0. The van der Waals surface area contributed by atoms with Crippen molar-refractivity contribution in [2.24, 2.45) is 5.41 Å². The molecule has 2 saturated carbocycles. The Morgan fingerprint density at radius 3 is 1.74 bits per heavy atom. The fourth-order valence-corrected chi connectivity index (χ4v) is 10.4. The molecule has 3 aliphatic heterocycles. The number of aliphatic hydroxyl groups is 1. The van der Waals surface area contributed by atoms with Gasteiger partial charge in [0.1, 0.15) is 11.5 Å². The highest BCUT2D eigenvalue weighted by Gasteiger charge is 2.53. The third kappa shape index (κ3) is 8.08. The third-order valence-corrected chi connectivity index (χ3v) is 13.2. The van der Waals surface area contributed by atoms with E-state index >= 15 is 0 Å². The Bertz CT molecular complexity index is 1720. The van der Waals surface area contributed by atoms with Crippen LogP contribution in [0.15, 0.2) is 30.0 Å². The van der Waals surface area contributed by atoms with Gasteiger partial charge in [-0.2, -0.15) is 0 Å². The number of ether oxygens (including phenoxy) is 3. The van der Waals surface area contributed by atoms with E-state index in [9.17, 15) is 19.5 Å². The Hall–Kier alpha value is -2.91. The number of aryl methyl sites for hydroxylation is 4. The van der Waals surface area contributed by atoms with Crippen molar-refractivity contribution in [2.75, 3.05) is 19.8 Å². The second kappa shape index (κ2) is 15.7. The maximum Gasteiger partial charge on any atom is 0.312 e. The van der Waals surface area contributed by atoms with Gasteiger partial charge in [-0.25, -0.2) is 0 Å². The van der Waals surface area contributed by atoms with E-state index in [-0.39, 0.29) is 41.0 Å². The number of esters is 1. The first-order valence-corrected chi connectivity index (χ1v) is 20.2. The molecule has 1 amide bonds. The van der Waals surface area contributed by atoms with E-state index in [4.69, 9.17) is 37.4 Å². The largest absolute Gasteiger partial charge is 0.509 e. The molecule has 7 rings (SSSR count). The van der Waals surface area contributed by atoms with Gasteiger partial charge in [-0.3, -0.25) is 14.4 Å². The molecule has 3 heterocycles. The second-order valence-electron chi connectivity index (χ2n) is 16.4. The lowest BCUT2D eigenvalue weighted by molar-refractivity contribution is -0.164. The van der Waals surface area contributed by atoms with E-state index in [0.717, 1.165) is 111 Å². The van der Waals surface area contributed by atoms with Gasteiger partial charge in [0.2, 0.25) is 0 Å². The number of hydrogen-bond acceptors (Lipinski definition) is 7. The fraction of sp³-hybridized carbons (Fsp3) is 0.605. The van der Waals surface area contributed by atoms with Crippen LogP contribution in [0.5, 0.6) is 0 Å². The van der Waals surface area contributed by atoms with Crippen LogP contribution in [0.4, 0.5) is 0 Å². The van der Waals surface area contributed by atoms with E-state index in [1.165, 1.54) is 0 Å². The summed E-state index contributed by atoms with van der Waals surface area (Å²) in [5.74, 6) is -0.126. The summed E-state index contributed by atoms with van der Waals surface area (Å²) < 4.78 is 17.4. The van der Waals surface area contributed by atoms with E-state index in [0.29, 0.717) is 41.5 Å². The van der Waals surface area contributed by atoms with Crippen molar-refractivity contribution in [3.05, 3.63) is 73.5 Å². The fourth-order valence-electron chi connectivity index (χ4n) is 9.79. The first-order chi connectivity index (χ1) is 25.1. The molecule has 2 N–H and O–H groups in total. The number of Topliss-reactive ketones (excluding diaryl/α,β-unsaturated/α-hetero) is 1. The van der Waals surface area contributed by atoms with Gasteiger partial charge in [0.05, 0.1) is 34.3 Å². The molecule has 4 fully saturated rings. The van der Waals surface area contributed by atoms with Gasteiger partial charge in [0.15, 0.2) is 0 Å². The number of nitrogens with one attached hydrogen (secondary N) is 1. The van der Waals surface area contributed by atoms with Crippen LogP contribution in [0, 0.1) is 33.1 Å². The lowest BCUT2D eigenvalue weighted by Crippen LogP contribution is -2.51. The molecule has 0 aromatic heterocycles. The third-order valence-electron chi connectivity index (χ3n) is 12.8. The highest BCUT2D eigenvalue weighted by atomic mass is 35.5. The molecule has 0 radical (unpaired) electrons. The Labute approximate surface area is 324 Å². The average molecular weight is 769 g/mol. The summed E-state index contributed by atoms with van der Waals surface area (Å²) in [6.45, 7) is 11.6. The zero-order valence-corrected chi connectivity index (χ0v) is 33.5. The highest BCUT2D eigenvalue weighted by Crippen LogP contribution is 2.50. The second-order valence-corrected chi connectivity index (χ2v) is 17.2. The van der Waals surface area contributed by atoms with Gasteiger partial charge >= 0.3 is 5.97 Å². The molecule has 5 aliphatic rings. The molecular formula is C43H55Cl2NO7. The molecule has 0 bridgehead atoms. The molecule has 288 valence electrons. The minimum Gasteiger partial charge on any atom is -0.509 e. The molecule has 2 aromatic carbocycles. The van der Waals surface area contributed by atoms with Gasteiger partial charge in [-0.05, 0) is 169 Å². The van der Waals surface area contributed by atoms with Crippen molar-refractivity contribution in [1.82, 2.24) is 5.32 Å². The molecule has 0 unspecified atom stereocenters. The Morgan fingerprint density at radius 1 is 0.774 bits per heavy atom. The summed E-state index contributed by atoms with van der Waals surface area (Å²) >= 11 is 12.2. The summed E-state index contributed by atoms with van der Waals surface area (Å²) in [5, 5.41) is 15.5. The van der Waals surface area contributed by atoms with Crippen LogP contribution in [0.3, 0.4) is 0 Å². The van der Waals surface area contributed by atoms with Crippen molar-refractivity contribution >= 4 is 46.4 Å². The van der Waals surface area contributed by atoms with Gasteiger partial charge in [0.25, 0.3) is 5.91 Å². The highest BCUT2D eigenvalue weighted by molar-refractivity contribution is 6.31. The zero-order chi connectivity index (χ0) is 38.2. The first kappa shape index (κ1) is 39.8. The van der Waals surface area contributed by atoms with Crippen LogP contribution in [0.25, 0.3) is 5.57 Å². The normalized spacial score (nSPS) is 29.5. The van der Waals surface area contributed by atoms with Crippen molar-refractivity contribution in [2.45, 2.75) is 141 Å². The quantitative estimate of drug-likeness (QED) is 0.270. The van der Waals surface area contributed by atoms with Gasteiger partial charge in [-0.15, -0.1) is 0 Å². The zero-order valence-electron chi connectivity index (χ0n) is 32.0. The summed E-state index contributed by atoms with van der Waals surface area (Å²) in [7, 11) is 0. The Morgan fingerprint density at radius 2 is 1.26 bits per heavy atom. The van der Waals surface area contributed by atoms with E-state index in [2.05, 4.69) is 5.32 Å². The molecule has 2 aromatic rings. The van der Waals surface area contributed by atoms with Crippen molar-refractivity contribution < 1.29 is 33.7 Å². The molecule has 0 atom stereocenters. The van der Waals surface area contributed by atoms with E-state index < -0.39 is 11.0 Å². The summed E-state index contributed by atoms with van der Waals surface area (Å²) in [6, 6.07) is 7.45. The topological polar surface area (TPSA) is 111 Å². The summed E-state index contributed by atoms with van der Waals surface area (Å²) in [5.41, 5.74) is 4.61. The minimum absolute atomic E-state index is 0.0366. The number of carbonyl (C=O) groups is 3. The summed E-state index contributed by atoms with van der Waals surface area (Å²) in [6.07, 6.45) is 11.1. The number of benzene rings is 2. The number of hydrogen-bond donors (Lipinski definition) is 2. The number of aliphatic hydroxyl groups excluding tert-OH is 1. The number of halogens is 2. The van der Waals surface area contributed by atoms with Crippen molar-refractivity contribution in [1.29, 1.82) is 0 Å². The van der Waals surface area contributed by atoms with Crippen LogP contribution in [0.1, 0.15) is 124 Å². The van der Waals surface area contributed by atoms with Crippen LogP contribution in [-0.4, -0.2) is 59.3 Å². The number of ketones is 1. The Kier molecular flexibility index (Phi) is 11.8. The molecule has 53 heavy (non-hydrogen) atoms. The molecular weight excluding hydrogens is 713 g/mol. The van der Waals surface area contributed by atoms with Gasteiger partial charge in [0, 0.05) is 36.1 Å². The lowest BCUT2D eigenvalue weighted by Gasteiger charge is -2.42. The Balaban J connectivity index is 0.000000182. The van der Waals surface area contributed by atoms with Crippen molar-refractivity contribution in [3.63, 3.8) is 0 Å². The molecule has 10 heteroatoms. The van der Waals surface area contributed by atoms with Crippen molar-refractivity contribution in [3.8, 4) is 0 Å². The minimum atomic E-state index is -0.710. The van der Waals surface area contributed by atoms with E-state index in [1.54, 1.807) is 0 Å². The van der Waals surface area contributed by atoms with Crippen LogP contribution in [-0.2, 0) is 35.0 Å². The molecule has 8 nitrogen and oxygen atoms in total. The van der Waals surface area contributed by atoms with Crippen LogP contribution >= 0.6 is 23.2 Å². The summed E-state index contributed by atoms with van der Waals surface area (Å²) in [4.78, 5) is 38.6. The maximum atomic E-state index is 13.0. The van der Waals surface area contributed by atoms with Crippen LogP contribution < -0.4 is 5.32 Å². The monoisotopic (exact) mass is 767 g/mol. The van der Waals surface area contributed by atoms with E-state index in [1.807, 2.05) is 58.9 Å². The van der Waals surface area contributed by atoms with Gasteiger partial charge in [-0.1, -0.05) is 23.2 Å². The number of rotatable bonds is 7.